The zero-order chi connectivity index (χ0) is 16.0. The van der Waals surface area contributed by atoms with E-state index in [1.54, 1.807) is 13.2 Å². The van der Waals surface area contributed by atoms with Gasteiger partial charge >= 0.3 is 0 Å². The van der Waals surface area contributed by atoms with E-state index in [9.17, 15) is 5.11 Å². The maximum Gasteiger partial charge on any atom is 0.162 e. The highest BCUT2D eigenvalue weighted by Crippen LogP contribution is 2.39. The predicted molar refractivity (Wildman–Crippen MR) is 94.7 cm³/mol. The Labute approximate surface area is 135 Å². The zero-order valence-electron chi connectivity index (χ0n) is 13.3. The minimum atomic E-state index is -0.0541. The van der Waals surface area contributed by atoms with E-state index in [-0.39, 0.29) is 11.8 Å². The summed E-state index contributed by atoms with van der Waals surface area (Å²) < 4.78 is 5.25. The van der Waals surface area contributed by atoms with Crippen LogP contribution < -0.4 is 15.5 Å². The molecule has 0 aliphatic carbocycles. The standard InChI is InChI=1S/C18H19BN2O2/c1-23-15-4-2-3-12(18(15)22)16-17-11(7-8-20-16)13-9-10(19)5-6-14(13)21-17/h2-6,9,16,20-22H,7-8,19H2,1H3. The summed E-state index contributed by atoms with van der Waals surface area (Å²) in [5.41, 5.74) is 5.74. The summed E-state index contributed by atoms with van der Waals surface area (Å²) in [7, 11) is 3.69. The fraction of sp³-hybridized carbons (Fsp3) is 0.222. The van der Waals surface area contributed by atoms with E-state index in [2.05, 4.69) is 36.3 Å². The number of H-pyrrole nitrogens is 1. The summed E-state index contributed by atoms with van der Waals surface area (Å²) in [6.07, 6.45) is 0.986. The Morgan fingerprint density at radius 2 is 2.13 bits per heavy atom. The molecule has 3 aromatic rings. The van der Waals surface area contributed by atoms with Gasteiger partial charge in [-0.2, -0.15) is 0 Å². The number of phenols is 1. The highest BCUT2D eigenvalue weighted by atomic mass is 16.5. The van der Waals surface area contributed by atoms with Crippen molar-refractivity contribution in [3.05, 3.63) is 53.2 Å². The van der Waals surface area contributed by atoms with Crippen molar-refractivity contribution in [2.24, 2.45) is 0 Å². The second-order valence-corrected chi connectivity index (χ2v) is 6.10. The molecular weight excluding hydrogens is 287 g/mol. The zero-order valence-corrected chi connectivity index (χ0v) is 13.3. The summed E-state index contributed by atoms with van der Waals surface area (Å²) in [6, 6.07) is 12.1. The average molecular weight is 306 g/mol. The molecule has 1 aliphatic heterocycles. The first-order chi connectivity index (χ1) is 11.2. The van der Waals surface area contributed by atoms with Crippen molar-refractivity contribution < 1.29 is 9.84 Å². The van der Waals surface area contributed by atoms with E-state index in [0.29, 0.717) is 5.75 Å². The van der Waals surface area contributed by atoms with Crippen molar-refractivity contribution in [3.63, 3.8) is 0 Å². The van der Waals surface area contributed by atoms with E-state index in [4.69, 9.17) is 4.74 Å². The molecule has 0 radical (unpaired) electrons. The highest BCUT2D eigenvalue weighted by Gasteiger charge is 2.27. The molecular formula is C18H19BN2O2. The number of hydrogen-bond acceptors (Lipinski definition) is 3. The molecule has 1 aliphatic rings. The second-order valence-electron chi connectivity index (χ2n) is 6.10. The molecule has 0 saturated carbocycles. The molecule has 2 aromatic carbocycles. The lowest BCUT2D eigenvalue weighted by Gasteiger charge is -2.25. The molecule has 0 fully saturated rings. The molecule has 0 saturated heterocycles. The average Bonchev–Trinajstić information content (AvgIpc) is 2.93. The first kappa shape index (κ1) is 14.2. The van der Waals surface area contributed by atoms with E-state index in [1.165, 1.54) is 16.4 Å². The van der Waals surface area contributed by atoms with E-state index >= 15 is 0 Å². The number of phenolic OH excluding ortho intramolecular Hbond substituents is 1. The number of aromatic hydroxyl groups is 1. The Hall–Kier alpha value is -2.40. The van der Waals surface area contributed by atoms with Crippen LogP contribution in [0.15, 0.2) is 36.4 Å². The highest BCUT2D eigenvalue weighted by molar-refractivity contribution is 6.33. The van der Waals surface area contributed by atoms with Crippen LogP contribution in [-0.4, -0.2) is 31.6 Å². The Morgan fingerprint density at radius 1 is 1.26 bits per heavy atom. The first-order valence-corrected chi connectivity index (χ1v) is 7.89. The van der Waals surface area contributed by atoms with Gasteiger partial charge in [-0.05, 0) is 24.1 Å². The number of fused-ring (bicyclic) bond motifs is 3. The molecule has 5 heteroatoms. The number of hydrogen-bond donors (Lipinski definition) is 3. The van der Waals surface area contributed by atoms with Gasteiger partial charge in [0, 0.05) is 28.7 Å². The Bertz CT molecular complexity index is 888. The van der Waals surface area contributed by atoms with Crippen molar-refractivity contribution in [1.82, 2.24) is 10.3 Å². The third kappa shape index (κ3) is 2.20. The minimum Gasteiger partial charge on any atom is -0.504 e. The van der Waals surface area contributed by atoms with Crippen molar-refractivity contribution in [1.29, 1.82) is 0 Å². The van der Waals surface area contributed by atoms with Crippen molar-refractivity contribution >= 4 is 24.2 Å². The van der Waals surface area contributed by atoms with Gasteiger partial charge in [-0.15, -0.1) is 0 Å². The van der Waals surface area contributed by atoms with Crippen molar-refractivity contribution in [2.45, 2.75) is 12.5 Å². The molecule has 1 aromatic heterocycles. The lowest BCUT2D eigenvalue weighted by atomic mass is 9.91. The molecule has 4 nitrogen and oxygen atoms in total. The predicted octanol–water partition coefficient (Wildman–Crippen LogP) is 1.38. The Balaban J connectivity index is 1.90. The molecule has 23 heavy (non-hydrogen) atoms. The molecule has 116 valence electrons. The smallest absolute Gasteiger partial charge is 0.162 e. The molecule has 0 spiro atoms. The summed E-state index contributed by atoms with van der Waals surface area (Å²) in [5, 5.41) is 15.3. The van der Waals surface area contributed by atoms with Gasteiger partial charge in [0.05, 0.1) is 13.2 Å². The molecule has 0 bridgehead atoms. The summed E-state index contributed by atoms with van der Waals surface area (Å²) >= 11 is 0. The topological polar surface area (TPSA) is 57.3 Å². The fourth-order valence-corrected chi connectivity index (χ4v) is 3.54. The largest absolute Gasteiger partial charge is 0.504 e. The van der Waals surface area contributed by atoms with Crippen molar-refractivity contribution in [3.8, 4) is 11.5 Å². The minimum absolute atomic E-state index is 0.0541. The molecule has 2 heterocycles. The number of rotatable bonds is 2. The van der Waals surface area contributed by atoms with E-state index in [0.717, 1.165) is 29.7 Å². The quantitative estimate of drug-likeness (QED) is 0.627. The number of aromatic nitrogens is 1. The van der Waals surface area contributed by atoms with Gasteiger partial charge in [0.25, 0.3) is 0 Å². The third-order valence-corrected chi connectivity index (χ3v) is 4.67. The van der Waals surface area contributed by atoms with Crippen molar-refractivity contribution in [2.75, 3.05) is 13.7 Å². The Kier molecular flexibility index (Phi) is 3.31. The maximum atomic E-state index is 10.5. The summed E-state index contributed by atoms with van der Waals surface area (Å²) in [6.45, 7) is 0.884. The number of benzene rings is 2. The fourth-order valence-electron chi connectivity index (χ4n) is 3.54. The van der Waals surface area contributed by atoms with Crippen LogP contribution in [0.4, 0.5) is 0 Å². The number of ether oxygens (including phenoxy) is 1. The van der Waals surface area contributed by atoms with Gasteiger partial charge in [-0.3, -0.25) is 0 Å². The van der Waals surface area contributed by atoms with Crippen LogP contribution in [-0.2, 0) is 6.42 Å². The number of aromatic amines is 1. The summed E-state index contributed by atoms with van der Waals surface area (Å²) in [4.78, 5) is 3.54. The second kappa shape index (κ2) is 5.35. The van der Waals surface area contributed by atoms with Crippen LogP contribution in [0.2, 0.25) is 0 Å². The molecule has 4 rings (SSSR count). The molecule has 0 amide bonds. The van der Waals surface area contributed by atoms with Crippen LogP contribution in [0.25, 0.3) is 10.9 Å². The normalized spacial score (nSPS) is 17.2. The Morgan fingerprint density at radius 3 is 2.96 bits per heavy atom. The third-order valence-electron chi connectivity index (χ3n) is 4.67. The van der Waals surface area contributed by atoms with Crippen LogP contribution in [0.3, 0.4) is 0 Å². The van der Waals surface area contributed by atoms with E-state index < -0.39 is 0 Å². The van der Waals surface area contributed by atoms with Crippen LogP contribution in [0, 0.1) is 0 Å². The maximum absolute atomic E-state index is 10.5. The molecule has 1 atom stereocenters. The van der Waals surface area contributed by atoms with Gasteiger partial charge in [-0.25, -0.2) is 0 Å². The molecule has 3 N–H and O–H groups in total. The van der Waals surface area contributed by atoms with Gasteiger partial charge in [0.15, 0.2) is 11.5 Å². The van der Waals surface area contributed by atoms with Crippen LogP contribution in [0.5, 0.6) is 11.5 Å². The van der Waals surface area contributed by atoms with Gasteiger partial charge in [0.1, 0.15) is 7.85 Å². The molecule has 1 unspecified atom stereocenters. The van der Waals surface area contributed by atoms with Gasteiger partial charge in [0.2, 0.25) is 0 Å². The lowest BCUT2D eigenvalue weighted by Crippen LogP contribution is -2.30. The number of nitrogens with one attached hydrogen (secondary N) is 2. The van der Waals surface area contributed by atoms with Gasteiger partial charge < -0.3 is 20.1 Å². The first-order valence-electron chi connectivity index (χ1n) is 7.89. The monoisotopic (exact) mass is 306 g/mol. The van der Waals surface area contributed by atoms with Crippen LogP contribution in [0.1, 0.15) is 22.9 Å². The van der Waals surface area contributed by atoms with Gasteiger partial charge in [-0.1, -0.05) is 29.7 Å². The number of methoxy groups -OCH3 is 1. The lowest BCUT2D eigenvalue weighted by molar-refractivity contribution is 0.367. The SMILES string of the molecule is Bc1ccc2[nH]c3c(c2c1)CCNC3c1cccc(OC)c1O. The van der Waals surface area contributed by atoms with Crippen LogP contribution >= 0.6 is 0 Å². The number of para-hydroxylation sites is 1. The van der Waals surface area contributed by atoms with E-state index in [1.807, 2.05) is 12.1 Å². The summed E-state index contributed by atoms with van der Waals surface area (Å²) in [5.74, 6) is 0.707.